The standard InChI is InChI=1S/C21H19F3N2O3/c22-21(23,24)29-18-9-5-4-8-16(18)20(28)26-12-14-10-15(26)11-17(14)25-19(27)13-6-2-1-3-7-13/h1-9,14-15,17H,10-12H2,(H,25,27). The molecule has 1 aliphatic heterocycles. The van der Waals surface area contributed by atoms with Crippen LogP contribution in [-0.2, 0) is 0 Å². The highest BCUT2D eigenvalue weighted by molar-refractivity contribution is 5.97. The number of halogens is 3. The minimum Gasteiger partial charge on any atom is -0.405 e. The lowest BCUT2D eigenvalue weighted by molar-refractivity contribution is -0.274. The summed E-state index contributed by atoms with van der Waals surface area (Å²) in [6, 6.07) is 14.1. The van der Waals surface area contributed by atoms with Gasteiger partial charge in [0.25, 0.3) is 11.8 Å². The number of para-hydroxylation sites is 1. The molecule has 4 rings (SSSR count). The van der Waals surface area contributed by atoms with Crippen molar-refractivity contribution in [1.82, 2.24) is 10.2 Å². The average Bonchev–Trinajstić information content (AvgIpc) is 3.28. The number of nitrogens with zero attached hydrogens (tertiary/aromatic N) is 1. The topological polar surface area (TPSA) is 58.6 Å². The van der Waals surface area contributed by atoms with Crippen LogP contribution in [0.4, 0.5) is 13.2 Å². The van der Waals surface area contributed by atoms with Gasteiger partial charge in [0.2, 0.25) is 0 Å². The molecule has 2 aliphatic rings. The lowest BCUT2D eigenvalue weighted by Crippen LogP contribution is -2.47. The molecule has 0 radical (unpaired) electrons. The third-order valence-corrected chi connectivity index (χ3v) is 5.50. The molecule has 152 valence electrons. The smallest absolute Gasteiger partial charge is 0.405 e. The Hall–Kier alpha value is -3.03. The first-order chi connectivity index (χ1) is 13.8. The number of amides is 2. The van der Waals surface area contributed by atoms with Crippen LogP contribution in [0.3, 0.4) is 0 Å². The van der Waals surface area contributed by atoms with Gasteiger partial charge in [-0.05, 0) is 43.0 Å². The second-order valence-corrected chi connectivity index (χ2v) is 7.33. The number of piperidine rings is 1. The van der Waals surface area contributed by atoms with Crippen LogP contribution in [0, 0.1) is 5.92 Å². The van der Waals surface area contributed by atoms with E-state index in [2.05, 4.69) is 10.1 Å². The lowest BCUT2D eigenvalue weighted by atomic mass is 10.0. The van der Waals surface area contributed by atoms with Crippen LogP contribution in [0.5, 0.6) is 5.75 Å². The summed E-state index contributed by atoms with van der Waals surface area (Å²) in [5.41, 5.74) is 0.462. The minimum absolute atomic E-state index is 0.0570. The van der Waals surface area contributed by atoms with Crippen LogP contribution in [0.2, 0.25) is 0 Å². The van der Waals surface area contributed by atoms with Crippen molar-refractivity contribution in [2.75, 3.05) is 6.54 Å². The van der Waals surface area contributed by atoms with E-state index in [9.17, 15) is 22.8 Å². The molecular weight excluding hydrogens is 385 g/mol. The van der Waals surface area contributed by atoms with Gasteiger partial charge in [0.15, 0.2) is 0 Å². The Kier molecular flexibility index (Phi) is 4.94. The molecule has 2 aromatic carbocycles. The van der Waals surface area contributed by atoms with E-state index in [1.165, 1.54) is 18.2 Å². The van der Waals surface area contributed by atoms with Crippen LogP contribution in [-0.4, -0.2) is 41.7 Å². The van der Waals surface area contributed by atoms with Crippen LogP contribution in [0.15, 0.2) is 54.6 Å². The third-order valence-electron chi connectivity index (χ3n) is 5.50. The van der Waals surface area contributed by atoms with E-state index in [4.69, 9.17) is 0 Å². The summed E-state index contributed by atoms with van der Waals surface area (Å²) in [6.45, 7) is 0.392. The van der Waals surface area contributed by atoms with Crippen LogP contribution in [0.1, 0.15) is 33.6 Å². The van der Waals surface area contributed by atoms with Crippen LogP contribution < -0.4 is 10.1 Å². The van der Waals surface area contributed by atoms with E-state index in [-0.39, 0.29) is 29.5 Å². The maximum atomic E-state index is 12.9. The number of carbonyl (C=O) groups excluding carboxylic acids is 2. The fourth-order valence-corrected chi connectivity index (χ4v) is 4.23. The Bertz CT molecular complexity index is 917. The van der Waals surface area contributed by atoms with Gasteiger partial charge in [0.05, 0.1) is 5.56 Å². The Morgan fingerprint density at radius 3 is 2.34 bits per heavy atom. The first-order valence-corrected chi connectivity index (χ1v) is 9.33. The summed E-state index contributed by atoms with van der Waals surface area (Å²) in [5, 5.41) is 3.02. The minimum atomic E-state index is -4.87. The molecule has 2 fully saturated rings. The number of nitrogens with one attached hydrogen (secondary N) is 1. The zero-order valence-electron chi connectivity index (χ0n) is 15.4. The maximum Gasteiger partial charge on any atom is 0.573 e. The van der Waals surface area contributed by atoms with Crippen molar-refractivity contribution >= 4 is 11.8 Å². The van der Waals surface area contributed by atoms with Crippen molar-refractivity contribution in [2.24, 2.45) is 5.92 Å². The Labute approximate surface area is 165 Å². The van der Waals surface area contributed by atoms with Crippen LogP contribution in [0.25, 0.3) is 0 Å². The number of fused-ring (bicyclic) bond motifs is 2. The second kappa shape index (κ2) is 7.42. The summed E-state index contributed by atoms with van der Waals surface area (Å²) in [5.74, 6) is -1.07. The summed E-state index contributed by atoms with van der Waals surface area (Å²) in [7, 11) is 0. The molecule has 3 atom stereocenters. The number of carbonyl (C=O) groups is 2. The average molecular weight is 404 g/mol. The molecule has 2 amide bonds. The molecule has 0 spiro atoms. The highest BCUT2D eigenvalue weighted by atomic mass is 19.4. The van der Waals surface area contributed by atoms with E-state index >= 15 is 0 Å². The molecule has 2 bridgehead atoms. The molecular formula is C21H19F3N2O3. The highest BCUT2D eigenvalue weighted by Gasteiger charge is 2.47. The highest BCUT2D eigenvalue weighted by Crippen LogP contribution is 2.39. The second-order valence-electron chi connectivity index (χ2n) is 7.33. The maximum absolute atomic E-state index is 12.9. The predicted octanol–water partition coefficient (Wildman–Crippen LogP) is 3.62. The fourth-order valence-electron chi connectivity index (χ4n) is 4.23. The molecule has 1 aliphatic carbocycles. The number of alkyl halides is 3. The van der Waals surface area contributed by atoms with Gasteiger partial charge in [-0.3, -0.25) is 9.59 Å². The number of rotatable bonds is 4. The van der Waals surface area contributed by atoms with Gasteiger partial charge < -0.3 is 15.0 Å². The van der Waals surface area contributed by atoms with Gasteiger partial charge in [0, 0.05) is 24.2 Å². The van der Waals surface area contributed by atoms with E-state index in [0.717, 1.165) is 6.07 Å². The van der Waals surface area contributed by atoms with Crippen molar-refractivity contribution in [3.63, 3.8) is 0 Å². The van der Waals surface area contributed by atoms with E-state index in [1.54, 1.807) is 29.2 Å². The van der Waals surface area contributed by atoms with Crippen LogP contribution >= 0.6 is 0 Å². The van der Waals surface area contributed by atoms with Gasteiger partial charge in [0.1, 0.15) is 5.75 Å². The van der Waals surface area contributed by atoms with Crippen molar-refractivity contribution in [3.05, 3.63) is 65.7 Å². The van der Waals surface area contributed by atoms with Gasteiger partial charge in [-0.1, -0.05) is 30.3 Å². The Morgan fingerprint density at radius 2 is 1.69 bits per heavy atom. The normalized spacial score (nSPS) is 23.1. The molecule has 3 unspecified atom stereocenters. The third kappa shape index (κ3) is 4.06. The van der Waals surface area contributed by atoms with Gasteiger partial charge in [-0.15, -0.1) is 13.2 Å². The van der Waals surface area contributed by atoms with Gasteiger partial charge in [-0.25, -0.2) is 0 Å². The number of benzene rings is 2. The monoisotopic (exact) mass is 404 g/mol. The summed E-state index contributed by atoms with van der Waals surface area (Å²) >= 11 is 0. The number of hydrogen-bond donors (Lipinski definition) is 1. The summed E-state index contributed by atoms with van der Waals surface area (Å²) < 4.78 is 41.9. The largest absolute Gasteiger partial charge is 0.573 e. The van der Waals surface area contributed by atoms with Gasteiger partial charge >= 0.3 is 6.36 Å². The Morgan fingerprint density at radius 1 is 1.00 bits per heavy atom. The molecule has 1 N–H and O–H groups in total. The quantitative estimate of drug-likeness (QED) is 0.847. The van der Waals surface area contributed by atoms with E-state index in [0.29, 0.717) is 24.9 Å². The fraction of sp³-hybridized carbons (Fsp3) is 0.333. The van der Waals surface area contributed by atoms with Crippen molar-refractivity contribution < 1.29 is 27.5 Å². The molecule has 8 heteroatoms. The summed E-state index contributed by atoms with van der Waals surface area (Å²) in [4.78, 5) is 26.9. The van der Waals surface area contributed by atoms with Crippen molar-refractivity contribution in [2.45, 2.75) is 31.3 Å². The van der Waals surface area contributed by atoms with Crippen molar-refractivity contribution in [3.8, 4) is 5.75 Å². The van der Waals surface area contributed by atoms with Gasteiger partial charge in [-0.2, -0.15) is 0 Å². The first-order valence-electron chi connectivity index (χ1n) is 9.33. The molecule has 1 saturated heterocycles. The number of likely N-dealkylation sites (tertiary alicyclic amines) is 1. The molecule has 5 nitrogen and oxygen atoms in total. The Balaban J connectivity index is 1.43. The van der Waals surface area contributed by atoms with E-state index in [1.807, 2.05) is 6.07 Å². The summed E-state index contributed by atoms with van der Waals surface area (Å²) in [6.07, 6.45) is -3.57. The molecule has 1 saturated carbocycles. The molecule has 0 aromatic heterocycles. The predicted molar refractivity (Wildman–Crippen MR) is 98.4 cm³/mol. The SMILES string of the molecule is O=C(NC1CC2CC1CN2C(=O)c1ccccc1OC(F)(F)F)c1ccccc1. The lowest BCUT2D eigenvalue weighted by Gasteiger charge is -2.32. The number of hydrogen-bond acceptors (Lipinski definition) is 3. The molecule has 1 heterocycles. The zero-order chi connectivity index (χ0) is 20.6. The zero-order valence-corrected chi connectivity index (χ0v) is 15.4. The van der Waals surface area contributed by atoms with Crippen molar-refractivity contribution in [1.29, 1.82) is 0 Å². The molecule has 29 heavy (non-hydrogen) atoms. The first kappa shape index (κ1) is 19.3. The van der Waals surface area contributed by atoms with E-state index < -0.39 is 18.0 Å². The molecule has 2 aromatic rings. The number of ether oxygens (including phenoxy) is 1.